The third-order valence-electron chi connectivity index (χ3n) is 7.07. The van der Waals surface area contributed by atoms with Crippen LogP contribution < -0.4 is 0 Å². The minimum atomic E-state index is -0.347. The standard InChI is InChI=1S/2C17H16O2/c2*18-16-13-17(19-16,11-14-7-3-1-4-8-14)12-15-9-5-2-6-10-15/h2*1-10H,11-13H2. The number of carbonyl (C=O) groups excluding carboxylic acids is 2. The Morgan fingerprint density at radius 3 is 0.816 bits per heavy atom. The lowest BCUT2D eigenvalue weighted by Crippen LogP contribution is -2.51. The summed E-state index contributed by atoms with van der Waals surface area (Å²) in [5.74, 6) is -0.182. The molecule has 2 aliphatic heterocycles. The summed E-state index contributed by atoms with van der Waals surface area (Å²) in [4.78, 5) is 22.5. The predicted molar refractivity (Wildman–Crippen MR) is 147 cm³/mol. The number of ether oxygens (including phenoxy) is 2. The number of carbonyl (C=O) groups is 2. The van der Waals surface area contributed by atoms with Crippen molar-refractivity contribution in [2.24, 2.45) is 0 Å². The van der Waals surface area contributed by atoms with Gasteiger partial charge in [0, 0.05) is 25.7 Å². The second-order valence-electron chi connectivity index (χ2n) is 10.3. The Hall–Kier alpha value is -4.18. The molecule has 192 valence electrons. The van der Waals surface area contributed by atoms with Gasteiger partial charge in [0.1, 0.15) is 11.2 Å². The maximum Gasteiger partial charge on any atom is 0.310 e. The van der Waals surface area contributed by atoms with Crippen molar-refractivity contribution in [1.82, 2.24) is 0 Å². The fraction of sp³-hybridized carbons (Fsp3) is 0.235. The molecule has 0 amide bonds. The maximum atomic E-state index is 11.3. The highest BCUT2D eigenvalue weighted by atomic mass is 16.6. The van der Waals surface area contributed by atoms with E-state index in [4.69, 9.17) is 9.47 Å². The van der Waals surface area contributed by atoms with Gasteiger partial charge in [-0.3, -0.25) is 9.59 Å². The van der Waals surface area contributed by atoms with Gasteiger partial charge < -0.3 is 9.47 Å². The van der Waals surface area contributed by atoms with Crippen LogP contribution in [0.2, 0.25) is 0 Å². The molecule has 2 heterocycles. The van der Waals surface area contributed by atoms with E-state index in [-0.39, 0.29) is 23.1 Å². The molecule has 0 spiro atoms. The SMILES string of the molecule is O=C1CC(Cc2ccccc2)(Cc2ccccc2)O1.O=C1CC(Cc2ccccc2)(Cc2ccccc2)O1. The van der Waals surface area contributed by atoms with Crippen LogP contribution in [0.1, 0.15) is 35.1 Å². The van der Waals surface area contributed by atoms with Crippen LogP contribution in [-0.2, 0) is 44.7 Å². The highest BCUT2D eigenvalue weighted by Gasteiger charge is 2.46. The summed E-state index contributed by atoms with van der Waals surface area (Å²) < 4.78 is 11.0. The van der Waals surface area contributed by atoms with Crippen LogP contribution in [0.4, 0.5) is 0 Å². The maximum absolute atomic E-state index is 11.3. The summed E-state index contributed by atoms with van der Waals surface area (Å²) in [6.07, 6.45) is 4.17. The Balaban J connectivity index is 0.000000155. The third kappa shape index (κ3) is 6.57. The van der Waals surface area contributed by atoms with Crippen molar-refractivity contribution in [3.63, 3.8) is 0 Å². The molecule has 4 heteroatoms. The Morgan fingerprint density at radius 1 is 0.421 bits per heavy atom. The van der Waals surface area contributed by atoms with E-state index in [1.54, 1.807) is 0 Å². The topological polar surface area (TPSA) is 52.6 Å². The highest BCUT2D eigenvalue weighted by Crippen LogP contribution is 2.36. The first kappa shape index (κ1) is 25.5. The summed E-state index contributed by atoms with van der Waals surface area (Å²) in [6.45, 7) is 0. The molecule has 0 saturated carbocycles. The van der Waals surface area contributed by atoms with Crippen molar-refractivity contribution in [2.75, 3.05) is 0 Å². The summed E-state index contributed by atoms with van der Waals surface area (Å²) in [6, 6.07) is 40.8. The lowest BCUT2D eigenvalue weighted by atomic mass is 9.81. The second-order valence-corrected chi connectivity index (χ2v) is 10.3. The van der Waals surface area contributed by atoms with Gasteiger partial charge in [0.2, 0.25) is 0 Å². The monoisotopic (exact) mass is 504 g/mol. The van der Waals surface area contributed by atoms with Gasteiger partial charge in [0.15, 0.2) is 0 Å². The summed E-state index contributed by atoms with van der Waals surface area (Å²) in [5.41, 5.74) is 4.16. The van der Waals surface area contributed by atoms with Crippen molar-refractivity contribution in [3.8, 4) is 0 Å². The first-order valence-corrected chi connectivity index (χ1v) is 13.1. The molecule has 2 fully saturated rings. The largest absolute Gasteiger partial charge is 0.458 e. The van der Waals surface area contributed by atoms with Crippen LogP contribution in [0.25, 0.3) is 0 Å². The van der Waals surface area contributed by atoms with Crippen molar-refractivity contribution >= 4 is 11.9 Å². The van der Waals surface area contributed by atoms with Crippen molar-refractivity contribution in [3.05, 3.63) is 144 Å². The molecule has 4 aromatic carbocycles. The van der Waals surface area contributed by atoms with Gasteiger partial charge in [0.25, 0.3) is 0 Å². The van der Waals surface area contributed by atoms with Crippen LogP contribution in [0.5, 0.6) is 0 Å². The Morgan fingerprint density at radius 2 is 0.632 bits per heavy atom. The molecule has 0 radical (unpaired) electrons. The van der Waals surface area contributed by atoms with Gasteiger partial charge in [-0.1, -0.05) is 121 Å². The number of rotatable bonds is 8. The number of hydrogen-bond acceptors (Lipinski definition) is 4. The number of cyclic esters (lactones) is 2. The summed E-state index contributed by atoms with van der Waals surface area (Å²) in [7, 11) is 0. The van der Waals surface area contributed by atoms with E-state index in [2.05, 4.69) is 48.5 Å². The zero-order valence-electron chi connectivity index (χ0n) is 21.4. The molecule has 0 bridgehead atoms. The molecule has 0 N–H and O–H groups in total. The number of hydrogen-bond donors (Lipinski definition) is 0. The van der Waals surface area contributed by atoms with E-state index in [1.165, 1.54) is 22.3 Å². The van der Waals surface area contributed by atoms with Crippen LogP contribution in [0, 0.1) is 0 Å². The Kier molecular flexibility index (Phi) is 7.69. The van der Waals surface area contributed by atoms with E-state index < -0.39 is 0 Å². The zero-order chi connectivity index (χ0) is 26.3. The molecule has 38 heavy (non-hydrogen) atoms. The summed E-state index contributed by atoms with van der Waals surface area (Å²) >= 11 is 0. The van der Waals surface area contributed by atoms with E-state index in [0.29, 0.717) is 12.8 Å². The van der Waals surface area contributed by atoms with Crippen molar-refractivity contribution in [1.29, 1.82) is 0 Å². The first-order chi connectivity index (χ1) is 18.5. The van der Waals surface area contributed by atoms with E-state index in [0.717, 1.165) is 25.7 Å². The van der Waals surface area contributed by atoms with Gasteiger partial charge in [-0.2, -0.15) is 0 Å². The molecular formula is C34H32O4. The number of esters is 2. The normalized spacial score (nSPS) is 16.5. The average Bonchev–Trinajstić information content (AvgIpc) is 2.90. The minimum absolute atomic E-state index is 0.0909. The van der Waals surface area contributed by atoms with Gasteiger partial charge in [-0.05, 0) is 22.3 Å². The first-order valence-electron chi connectivity index (χ1n) is 13.1. The molecule has 0 aliphatic carbocycles. The van der Waals surface area contributed by atoms with Gasteiger partial charge in [-0.15, -0.1) is 0 Å². The minimum Gasteiger partial charge on any atom is -0.458 e. The van der Waals surface area contributed by atoms with Crippen LogP contribution >= 0.6 is 0 Å². The number of benzene rings is 4. The van der Waals surface area contributed by atoms with Crippen LogP contribution in [-0.4, -0.2) is 23.1 Å². The fourth-order valence-electron chi connectivity index (χ4n) is 5.38. The molecule has 2 aliphatic rings. The van der Waals surface area contributed by atoms with Crippen LogP contribution in [0.3, 0.4) is 0 Å². The highest BCUT2D eigenvalue weighted by molar-refractivity contribution is 5.77. The molecule has 2 saturated heterocycles. The third-order valence-corrected chi connectivity index (χ3v) is 7.07. The molecule has 6 rings (SSSR count). The molecule has 0 aromatic heterocycles. The molecule has 0 unspecified atom stereocenters. The Bertz CT molecular complexity index is 1120. The molecular weight excluding hydrogens is 472 g/mol. The predicted octanol–water partition coefficient (Wildman–Crippen LogP) is 6.32. The molecule has 4 nitrogen and oxygen atoms in total. The fourth-order valence-corrected chi connectivity index (χ4v) is 5.38. The van der Waals surface area contributed by atoms with Crippen molar-refractivity contribution in [2.45, 2.75) is 49.7 Å². The van der Waals surface area contributed by atoms with Crippen LogP contribution in [0.15, 0.2) is 121 Å². The average molecular weight is 505 g/mol. The van der Waals surface area contributed by atoms with Gasteiger partial charge >= 0.3 is 11.9 Å². The van der Waals surface area contributed by atoms with Gasteiger partial charge in [0.05, 0.1) is 12.8 Å². The lowest BCUT2D eigenvalue weighted by molar-refractivity contribution is -0.192. The second kappa shape index (κ2) is 11.5. The van der Waals surface area contributed by atoms with E-state index in [1.807, 2.05) is 72.8 Å². The zero-order valence-corrected chi connectivity index (χ0v) is 21.4. The van der Waals surface area contributed by atoms with E-state index >= 15 is 0 Å². The van der Waals surface area contributed by atoms with Gasteiger partial charge in [-0.25, -0.2) is 0 Å². The quantitative estimate of drug-likeness (QED) is 0.264. The summed E-state index contributed by atoms with van der Waals surface area (Å²) in [5, 5.41) is 0. The smallest absolute Gasteiger partial charge is 0.310 e. The van der Waals surface area contributed by atoms with Crippen molar-refractivity contribution < 1.29 is 19.1 Å². The molecule has 0 atom stereocenters. The lowest BCUT2D eigenvalue weighted by Gasteiger charge is -2.41. The Labute approximate surface area is 224 Å². The van der Waals surface area contributed by atoms with E-state index in [9.17, 15) is 9.59 Å². The molecule has 4 aromatic rings.